The molecule has 4 rings (SSSR count). The Morgan fingerprint density at radius 3 is 2.63 bits per heavy atom. The van der Waals surface area contributed by atoms with Crippen LogP contribution in [0.4, 0.5) is 4.39 Å². The highest BCUT2D eigenvalue weighted by molar-refractivity contribution is 6.07. The number of furan rings is 1. The van der Waals surface area contributed by atoms with Crippen LogP contribution >= 0.6 is 0 Å². The molecule has 1 amide bonds. The maximum absolute atomic E-state index is 13.7. The molecule has 4 aromatic rings. The topological polar surface area (TPSA) is 72.5 Å². The molecule has 2 aromatic heterocycles. The molecule has 0 aliphatic carbocycles. The summed E-state index contributed by atoms with van der Waals surface area (Å²) in [7, 11) is 0. The highest BCUT2D eigenvalue weighted by atomic mass is 19.1. The minimum Gasteiger partial charge on any atom is -0.463 e. The number of carbonyl (C=O) groups excluding carboxylic acids is 1. The van der Waals surface area contributed by atoms with Crippen LogP contribution in [0.3, 0.4) is 0 Å². The van der Waals surface area contributed by atoms with Gasteiger partial charge in [-0.15, -0.1) is 0 Å². The number of hydrogen-bond acceptors (Lipinski definition) is 4. The zero-order valence-electron chi connectivity index (χ0n) is 17.1. The maximum atomic E-state index is 13.7. The quantitative estimate of drug-likeness (QED) is 0.494. The molecular weight excluding hydrogens is 385 g/mol. The van der Waals surface area contributed by atoms with E-state index in [1.165, 1.54) is 6.07 Å². The monoisotopic (exact) mass is 407 g/mol. The van der Waals surface area contributed by atoms with Crippen molar-refractivity contribution in [3.8, 4) is 0 Å². The lowest BCUT2D eigenvalue weighted by Crippen LogP contribution is -2.29. The van der Waals surface area contributed by atoms with Crippen molar-refractivity contribution in [1.29, 1.82) is 0 Å². The fourth-order valence-corrected chi connectivity index (χ4v) is 3.94. The Hall–Kier alpha value is -3.41. The van der Waals surface area contributed by atoms with Crippen molar-refractivity contribution >= 4 is 27.8 Å². The highest BCUT2D eigenvalue weighted by Crippen LogP contribution is 2.34. The maximum Gasteiger partial charge on any atom is 0.340 e. The molecule has 0 atom stereocenters. The number of benzene rings is 2. The molecule has 0 bridgehead atoms. The van der Waals surface area contributed by atoms with Gasteiger partial charge in [0.1, 0.15) is 17.0 Å². The molecule has 154 valence electrons. The van der Waals surface area contributed by atoms with Gasteiger partial charge in [-0.1, -0.05) is 18.2 Å². The lowest BCUT2D eigenvalue weighted by Gasteiger charge is -2.10. The predicted molar refractivity (Wildman–Crippen MR) is 113 cm³/mol. The fraction of sp³-hybridized carbons (Fsp3) is 0.250. The molecule has 0 unspecified atom stereocenters. The van der Waals surface area contributed by atoms with Crippen LogP contribution in [0.5, 0.6) is 0 Å². The zero-order chi connectivity index (χ0) is 21.4. The largest absolute Gasteiger partial charge is 0.463 e. The van der Waals surface area contributed by atoms with Crippen molar-refractivity contribution in [2.24, 2.45) is 0 Å². The van der Waals surface area contributed by atoms with Crippen LogP contribution in [-0.2, 0) is 17.6 Å². The van der Waals surface area contributed by atoms with Crippen LogP contribution in [0.15, 0.2) is 50.2 Å². The summed E-state index contributed by atoms with van der Waals surface area (Å²) in [5, 5.41) is 4.44. The molecule has 2 aromatic carbocycles. The number of nitrogens with one attached hydrogen (secondary N) is 1. The molecule has 6 heteroatoms. The van der Waals surface area contributed by atoms with Gasteiger partial charge in [0.25, 0.3) is 0 Å². The minimum atomic E-state index is -0.536. The minimum absolute atomic E-state index is 0.115. The second-order valence-electron chi connectivity index (χ2n) is 7.55. The van der Waals surface area contributed by atoms with Gasteiger partial charge < -0.3 is 14.2 Å². The van der Waals surface area contributed by atoms with Crippen molar-refractivity contribution in [3.63, 3.8) is 0 Å². The summed E-state index contributed by atoms with van der Waals surface area (Å²) >= 11 is 0. The summed E-state index contributed by atoms with van der Waals surface area (Å²) in [5.41, 5.74) is 4.03. The third kappa shape index (κ3) is 3.49. The van der Waals surface area contributed by atoms with Gasteiger partial charge in [-0.05, 0) is 61.6 Å². The fourth-order valence-electron chi connectivity index (χ4n) is 3.94. The average Bonchev–Trinajstić information content (AvgIpc) is 3.08. The van der Waals surface area contributed by atoms with Crippen molar-refractivity contribution in [3.05, 3.63) is 80.6 Å². The van der Waals surface area contributed by atoms with E-state index in [2.05, 4.69) is 5.32 Å². The molecule has 0 spiro atoms. The van der Waals surface area contributed by atoms with E-state index >= 15 is 0 Å². The first-order valence-electron chi connectivity index (χ1n) is 9.80. The van der Waals surface area contributed by atoms with Crippen molar-refractivity contribution in [2.75, 3.05) is 6.54 Å². The second-order valence-corrected chi connectivity index (χ2v) is 7.55. The molecule has 2 heterocycles. The normalized spacial score (nSPS) is 11.3. The van der Waals surface area contributed by atoms with Gasteiger partial charge in [0.2, 0.25) is 5.91 Å². The molecular formula is C24H22FNO4. The standard InChI is InChI=1S/C24H22FNO4/c1-13-10-19-22(23-21(13)14(2)12-29-23)15(3)17(24(28)30-19)11-20(27)26-9-8-16-6-4-5-7-18(16)25/h4-7,10,12H,8-9,11H2,1-3H3,(H,26,27). The van der Waals surface area contributed by atoms with E-state index in [1.54, 1.807) is 31.4 Å². The summed E-state index contributed by atoms with van der Waals surface area (Å²) in [6.07, 6.45) is 1.93. The lowest BCUT2D eigenvalue weighted by molar-refractivity contribution is -0.120. The molecule has 30 heavy (non-hydrogen) atoms. The van der Waals surface area contributed by atoms with E-state index in [9.17, 15) is 14.0 Å². The van der Waals surface area contributed by atoms with E-state index in [0.717, 1.165) is 16.5 Å². The van der Waals surface area contributed by atoms with Crippen LogP contribution in [0.25, 0.3) is 21.9 Å². The summed E-state index contributed by atoms with van der Waals surface area (Å²) in [6.45, 7) is 5.98. The Morgan fingerprint density at radius 2 is 1.87 bits per heavy atom. The van der Waals surface area contributed by atoms with Crippen LogP contribution in [-0.4, -0.2) is 12.5 Å². The Balaban J connectivity index is 1.60. The molecule has 0 radical (unpaired) electrons. The van der Waals surface area contributed by atoms with Gasteiger partial charge in [0, 0.05) is 11.9 Å². The Labute approximate surface area is 172 Å². The first kappa shape index (κ1) is 19.9. The molecule has 0 aliphatic heterocycles. The first-order valence-corrected chi connectivity index (χ1v) is 9.80. The summed E-state index contributed by atoms with van der Waals surface area (Å²) in [6, 6.07) is 8.27. The molecule has 0 saturated carbocycles. The number of rotatable bonds is 5. The van der Waals surface area contributed by atoms with Crippen molar-refractivity contribution in [1.82, 2.24) is 5.32 Å². The van der Waals surface area contributed by atoms with E-state index in [4.69, 9.17) is 8.83 Å². The summed E-state index contributed by atoms with van der Waals surface area (Å²) < 4.78 is 25.0. The SMILES string of the molecule is Cc1coc2c1c(C)cc1oc(=O)c(CC(=O)NCCc3ccccc3F)c(C)c12. The van der Waals surface area contributed by atoms with Crippen molar-refractivity contribution < 1.29 is 18.0 Å². The molecule has 0 saturated heterocycles. The van der Waals surface area contributed by atoms with Gasteiger partial charge in [-0.2, -0.15) is 0 Å². The number of carbonyl (C=O) groups is 1. The number of halogens is 1. The lowest BCUT2D eigenvalue weighted by atomic mass is 9.99. The summed E-state index contributed by atoms with van der Waals surface area (Å²) in [5.74, 6) is -0.620. The van der Waals surface area contributed by atoms with Crippen LogP contribution in [0.1, 0.15) is 27.8 Å². The van der Waals surface area contributed by atoms with Crippen LogP contribution < -0.4 is 10.9 Å². The predicted octanol–water partition coefficient (Wildman–Crippen LogP) is 4.50. The van der Waals surface area contributed by atoms with E-state index in [-0.39, 0.29) is 24.7 Å². The third-order valence-electron chi connectivity index (χ3n) is 5.48. The Bertz CT molecular complexity index is 1330. The first-order chi connectivity index (χ1) is 14.4. The van der Waals surface area contributed by atoms with Gasteiger partial charge in [-0.3, -0.25) is 4.79 Å². The van der Waals surface area contributed by atoms with Crippen LogP contribution in [0.2, 0.25) is 0 Å². The Morgan fingerprint density at radius 1 is 1.10 bits per heavy atom. The highest BCUT2D eigenvalue weighted by Gasteiger charge is 2.20. The number of aryl methyl sites for hydroxylation is 3. The average molecular weight is 407 g/mol. The van der Waals surface area contributed by atoms with Gasteiger partial charge in [-0.25, -0.2) is 9.18 Å². The van der Waals surface area contributed by atoms with Gasteiger partial charge >= 0.3 is 5.63 Å². The Kier molecular flexibility index (Phi) is 5.16. The summed E-state index contributed by atoms with van der Waals surface area (Å²) in [4.78, 5) is 25.0. The molecule has 0 fully saturated rings. The smallest absolute Gasteiger partial charge is 0.340 e. The molecule has 0 aliphatic rings. The zero-order valence-corrected chi connectivity index (χ0v) is 17.1. The van der Waals surface area contributed by atoms with E-state index in [0.29, 0.717) is 39.7 Å². The number of amides is 1. The van der Waals surface area contributed by atoms with Crippen LogP contribution in [0, 0.1) is 26.6 Å². The van der Waals surface area contributed by atoms with Gasteiger partial charge in [0.05, 0.1) is 23.6 Å². The van der Waals surface area contributed by atoms with Crippen molar-refractivity contribution in [2.45, 2.75) is 33.6 Å². The molecule has 5 nitrogen and oxygen atoms in total. The number of fused-ring (bicyclic) bond motifs is 3. The van der Waals surface area contributed by atoms with E-state index in [1.807, 2.05) is 19.9 Å². The van der Waals surface area contributed by atoms with Gasteiger partial charge in [0.15, 0.2) is 0 Å². The second kappa shape index (κ2) is 7.78. The number of hydrogen-bond donors (Lipinski definition) is 1. The third-order valence-corrected chi connectivity index (χ3v) is 5.48. The van der Waals surface area contributed by atoms with E-state index < -0.39 is 5.63 Å². The molecule has 1 N–H and O–H groups in total.